The van der Waals surface area contributed by atoms with Gasteiger partial charge in [-0.3, -0.25) is 9.78 Å². The highest BCUT2D eigenvalue weighted by Crippen LogP contribution is 2.30. The number of Topliss-reactive ketones (excluding diaryl/α,β-unsaturated/α-hetero) is 1. The monoisotopic (exact) mass is 214 g/mol. The van der Waals surface area contributed by atoms with Crippen LogP contribution in [0.3, 0.4) is 0 Å². The van der Waals surface area contributed by atoms with Crippen molar-refractivity contribution in [2.24, 2.45) is 5.92 Å². The van der Waals surface area contributed by atoms with Crippen LogP contribution in [0.2, 0.25) is 0 Å². The van der Waals surface area contributed by atoms with Gasteiger partial charge in [-0.15, -0.1) is 0 Å². The van der Waals surface area contributed by atoms with E-state index in [4.69, 9.17) is 5.26 Å². The van der Waals surface area contributed by atoms with Crippen LogP contribution in [-0.2, 0) is 4.79 Å². The molecule has 1 fully saturated rings. The van der Waals surface area contributed by atoms with E-state index in [0.717, 1.165) is 25.7 Å². The lowest BCUT2D eigenvalue weighted by Gasteiger charge is -2.12. The van der Waals surface area contributed by atoms with Gasteiger partial charge in [-0.25, -0.2) is 0 Å². The second-order valence-corrected chi connectivity index (χ2v) is 4.20. The van der Waals surface area contributed by atoms with E-state index in [1.807, 2.05) is 6.07 Å². The number of ketones is 1. The third-order valence-electron chi connectivity index (χ3n) is 3.15. The zero-order valence-electron chi connectivity index (χ0n) is 9.10. The third kappa shape index (κ3) is 2.11. The van der Waals surface area contributed by atoms with E-state index in [9.17, 15) is 4.79 Å². The summed E-state index contributed by atoms with van der Waals surface area (Å²) in [5.41, 5.74) is 0.585. The van der Waals surface area contributed by atoms with E-state index in [2.05, 4.69) is 11.1 Å². The highest BCUT2D eigenvalue weighted by atomic mass is 16.1. The maximum absolute atomic E-state index is 12.1. The summed E-state index contributed by atoms with van der Waals surface area (Å²) in [4.78, 5) is 16.2. The molecular weight excluding hydrogens is 200 g/mol. The molecule has 1 heterocycles. The predicted octanol–water partition coefficient (Wildman–Crippen LogP) is 2.45. The van der Waals surface area contributed by atoms with E-state index < -0.39 is 5.92 Å². The number of nitriles is 1. The summed E-state index contributed by atoms with van der Waals surface area (Å²) in [7, 11) is 0. The molecule has 2 rings (SSSR count). The van der Waals surface area contributed by atoms with Crippen molar-refractivity contribution in [2.75, 3.05) is 0 Å². The van der Waals surface area contributed by atoms with Crippen LogP contribution in [0.4, 0.5) is 0 Å². The van der Waals surface area contributed by atoms with Gasteiger partial charge in [-0.2, -0.15) is 5.26 Å². The average molecular weight is 214 g/mol. The first-order chi connectivity index (χ1) is 7.83. The molecule has 0 aliphatic heterocycles. The lowest BCUT2D eigenvalue weighted by Crippen LogP contribution is -2.19. The van der Waals surface area contributed by atoms with E-state index in [1.165, 1.54) is 0 Å². The largest absolute Gasteiger partial charge is 0.297 e. The molecule has 0 aromatic carbocycles. The highest BCUT2D eigenvalue weighted by molar-refractivity contribution is 5.90. The van der Waals surface area contributed by atoms with Crippen LogP contribution >= 0.6 is 0 Å². The quantitative estimate of drug-likeness (QED) is 0.776. The molecule has 3 nitrogen and oxygen atoms in total. The molecule has 3 heteroatoms. The minimum Gasteiger partial charge on any atom is -0.297 e. The van der Waals surface area contributed by atoms with Crippen molar-refractivity contribution in [1.29, 1.82) is 5.26 Å². The predicted molar refractivity (Wildman–Crippen MR) is 59.6 cm³/mol. The topological polar surface area (TPSA) is 53.8 Å². The molecule has 82 valence electrons. The molecule has 0 N–H and O–H groups in total. The standard InChI is InChI=1S/C13H14N2O/c14-9-11(12-7-3-4-8-15-12)13(16)10-5-1-2-6-10/h3-4,7-8,10-11H,1-2,5-6H2. The molecule has 1 aromatic heterocycles. The number of rotatable bonds is 3. The SMILES string of the molecule is N#CC(C(=O)C1CCCC1)c1ccccn1. The zero-order valence-corrected chi connectivity index (χ0v) is 9.10. The lowest BCUT2D eigenvalue weighted by atomic mass is 9.90. The molecule has 1 saturated carbocycles. The minimum absolute atomic E-state index is 0.0544. The Bertz CT molecular complexity index is 402. The Morgan fingerprint density at radius 1 is 1.44 bits per heavy atom. The highest BCUT2D eigenvalue weighted by Gasteiger charge is 2.30. The van der Waals surface area contributed by atoms with Crippen LogP contribution in [0.25, 0.3) is 0 Å². The summed E-state index contributed by atoms with van der Waals surface area (Å²) < 4.78 is 0. The van der Waals surface area contributed by atoms with Crippen molar-refractivity contribution in [1.82, 2.24) is 4.98 Å². The van der Waals surface area contributed by atoms with Gasteiger partial charge in [0.15, 0.2) is 5.78 Å². The van der Waals surface area contributed by atoms with Crippen molar-refractivity contribution in [2.45, 2.75) is 31.6 Å². The first kappa shape index (κ1) is 10.8. The van der Waals surface area contributed by atoms with Crippen molar-refractivity contribution in [3.8, 4) is 6.07 Å². The molecule has 1 aliphatic carbocycles. The van der Waals surface area contributed by atoms with E-state index >= 15 is 0 Å². The molecule has 0 radical (unpaired) electrons. The van der Waals surface area contributed by atoms with Crippen LogP contribution in [0, 0.1) is 17.2 Å². The zero-order chi connectivity index (χ0) is 11.4. The molecule has 1 unspecified atom stereocenters. The van der Waals surface area contributed by atoms with Crippen LogP contribution in [-0.4, -0.2) is 10.8 Å². The normalized spacial score (nSPS) is 17.9. The molecule has 16 heavy (non-hydrogen) atoms. The van der Waals surface area contributed by atoms with Gasteiger partial charge in [-0.05, 0) is 25.0 Å². The number of carbonyl (C=O) groups is 1. The maximum Gasteiger partial charge on any atom is 0.159 e. The number of hydrogen-bond acceptors (Lipinski definition) is 3. The van der Waals surface area contributed by atoms with Gasteiger partial charge in [0.1, 0.15) is 5.92 Å². The Hall–Kier alpha value is -1.69. The summed E-state index contributed by atoms with van der Waals surface area (Å²) in [6, 6.07) is 7.44. The summed E-state index contributed by atoms with van der Waals surface area (Å²) in [6.45, 7) is 0. The van der Waals surface area contributed by atoms with Gasteiger partial charge in [0.05, 0.1) is 11.8 Å². The first-order valence-electron chi connectivity index (χ1n) is 5.67. The number of nitrogens with zero attached hydrogens (tertiary/aromatic N) is 2. The minimum atomic E-state index is -0.677. The third-order valence-corrected chi connectivity index (χ3v) is 3.15. The second kappa shape index (κ2) is 4.89. The van der Waals surface area contributed by atoms with Crippen LogP contribution in [0.1, 0.15) is 37.3 Å². The molecule has 1 aromatic rings. The Morgan fingerprint density at radius 2 is 2.19 bits per heavy atom. The molecule has 0 saturated heterocycles. The second-order valence-electron chi connectivity index (χ2n) is 4.20. The molecule has 1 aliphatic rings. The number of aromatic nitrogens is 1. The lowest BCUT2D eigenvalue weighted by molar-refractivity contribution is -0.123. The van der Waals surface area contributed by atoms with E-state index in [1.54, 1.807) is 18.3 Å². The maximum atomic E-state index is 12.1. The van der Waals surface area contributed by atoms with E-state index in [0.29, 0.717) is 5.69 Å². The van der Waals surface area contributed by atoms with Gasteiger partial charge < -0.3 is 0 Å². The summed E-state index contributed by atoms with van der Waals surface area (Å²) >= 11 is 0. The van der Waals surface area contributed by atoms with Crippen molar-refractivity contribution in [3.63, 3.8) is 0 Å². The number of pyridine rings is 1. The van der Waals surface area contributed by atoms with Crippen molar-refractivity contribution >= 4 is 5.78 Å². The van der Waals surface area contributed by atoms with Crippen molar-refractivity contribution < 1.29 is 4.79 Å². The Labute approximate surface area is 95.1 Å². The molecule has 0 bridgehead atoms. The van der Waals surface area contributed by atoms with Gasteiger partial charge in [0, 0.05) is 12.1 Å². The summed E-state index contributed by atoms with van der Waals surface area (Å²) in [5, 5.41) is 9.10. The fourth-order valence-electron chi connectivity index (χ4n) is 2.27. The van der Waals surface area contributed by atoms with Gasteiger partial charge in [-0.1, -0.05) is 18.9 Å². The Kier molecular flexibility index (Phi) is 3.31. The van der Waals surface area contributed by atoms with Crippen LogP contribution in [0.5, 0.6) is 0 Å². The summed E-state index contributed by atoms with van der Waals surface area (Å²) in [6.07, 6.45) is 5.71. The fraction of sp³-hybridized carbons (Fsp3) is 0.462. The van der Waals surface area contributed by atoms with Crippen LogP contribution < -0.4 is 0 Å². The Morgan fingerprint density at radius 3 is 2.75 bits per heavy atom. The Balaban J connectivity index is 2.17. The van der Waals surface area contributed by atoms with E-state index in [-0.39, 0.29) is 11.7 Å². The smallest absolute Gasteiger partial charge is 0.159 e. The van der Waals surface area contributed by atoms with Gasteiger partial charge in [0.25, 0.3) is 0 Å². The van der Waals surface area contributed by atoms with Crippen molar-refractivity contribution in [3.05, 3.63) is 30.1 Å². The molecule has 0 spiro atoms. The molecule has 0 amide bonds. The fourth-order valence-corrected chi connectivity index (χ4v) is 2.27. The summed E-state index contributed by atoms with van der Waals surface area (Å²) in [5.74, 6) is -0.547. The van der Waals surface area contributed by atoms with Gasteiger partial charge in [0.2, 0.25) is 0 Å². The first-order valence-corrected chi connectivity index (χ1v) is 5.67. The number of hydrogen-bond donors (Lipinski definition) is 0. The average Bonchev–Trinajstić information content (AvgIpc) is 2.85. The van der Waals surface area contributed by atoms with Gasteiger partial charge >= 0.3 is 0 Å². The van der Waals surface area contributed by atoms with Crippen LogP contribution in [0.15, 0.2) is 24.4 Å². The molecular formula is C13H14N2O. The number of carbonyl (C=O) groups excluding carboxylic acids is 1. The molecule has 1 atom stereocenters.